The van der Waals surface area contributed by atoms with Crippen molar-refractivity contribution in [3.8, 4) is 0 Å². The monoisotopic (exact) mass is 397 g/mol. The minimum Gasteiger partial charge on any atom is -0.303 e. The van der Waals surface area contributed by atoms with Crippen LogP contribution in [0, 0.1) is 0 Å². The number of fused-ring (bicyclic) bond motifs is 2. The first-order valence-electron chi connectivity index (χ1n) is 10.8. The second-order valence-corrected chi connectivity index (χ2v) is 10.5. The highest BCUT2D eigenvalue weighted by molar-refractivity contribution is 7.66. The summed E-state index contributed by atoms with van der Waals surface area (Å²) in [5, 5.41) is 1.53. The van der Waals surface area contributed by atoms with Crippen LogP contribution in [0.15, 0.2) is 78.9 Å². The standard InChI is InChI=1S/C27H28NP/c1-2-12-24(13-3-1)29(21-20-28-18-8-9-19-28)27-25-14-6-4-10-22(25)16-17-23-11-5-7-15-26(23)27/h1-7,10-17,27H,8-9,18-21H2. The van der Waals surface area contributed by atoms with Gasteiger partial charge in [0.15, 0.2) is 0 Å². The van der Waals surface area contributed by atoms with Crippen molar-refractivity contribution in [2.75, 3.05) is 25.8 Å². The Kier molecular flexibility index (Phi) is 5.61. The van der Waals surface area contributed by atoms with E-state index >= 15 is 0 Å². The molecule has 1 fully saturated rings. The quantitative estimate of drug-likeness (QED) is 0.466. The van der Waals surface area contributed by atoms with E-state index < -0.39 is 0 Å². The van der Waals surface area contributed by atoms with Crippen LogP contribution in [0.25, 0.3) is 12.2 Å². The first-order chi connectivity index (χ1) is 14.4. The summed E-state index contributed by atoms with van der Waals surface area (Å²) in [6.07, 6.45) is 8.61. The third-order valence-corrected chi connectivity index (χ3v) is 9.10. The van der Waals surface area contributed by atoms with Gasteiger partial charge >= 0.3 is 0 Å². The highest BCUT2D eigenvalue weighted by atomic mass is 31.1. The molecule has 2 aliphatic rings. The van der Waals surface area contributed by atoms with Gasteiger partial charge in [0.1, 0.15) is 0 Å². The van der Waals surface area contributed by atoms with Crippen LogP contribution in [0.5, 0.6) is 0 Å². The lowest BCUT2D eigenvalue weighted by Crippen LogP contribution is -2.25. The van der Waals surface area contributed by atoms with E-state index in [1.165, 1.54) is 66.2 Å². The molecule has 3 aromatic carbocycles. The highest BCUT2D eigenvalue weighted by Gasteiger charge is 2.30. The molecule has 29 heavy (non-hydrogen) atoms. The third kappa shape index (κ3) is 3.95. The summed E-state index contributed by atoms with van der Waals surface area (Å²) in [6.45, 7) is 3.77. The molecule has 3 aromatic rings. The molecular weight excluding hydrogens is 369 g/mol. The second-order valence-electron chi connectivity index (χ2n) is 8.07. The molecule has 0 aromatic heterocycles. The van der Waals surface area contributed by atoms with Crippen molar-refractivity contribution in [3.05, 3.63) is 101 Å². The van der Waals surface area contributed by atoms with E-state index in [0.717, 1.165) is 0 Å². The first kappa shape index (κ1) is 18.8. The molecule has 0 saturated carbocycles. The van der Waals surface area contributed by atoms with E-state index in [0.29, 0.717) is 5.66 Å². The lowest BCUT2D eigenvalue weighted by atomic mass is 9.99. The van der Waals surface area contributed by atoms with Crippen LogP contribution in [0.2, 0.25) is 0 Å². The van der Waals surface area contributed by atoms with Crippen molar-refractivity contribution < 1.29 is 0 Å². The maximum atomic E-state index is 2.67. The third-order valence-electron chi connectivity index (χ3n) is 6.28. The molecule has 1 aliphatic carbocycles. The Bertz CT molecular complexity index is 939. The molecule has 1 heterocycles. The maximum absolute atomic E-state index is 2.67. The van der Waals surface area contributed by atoms with E-state index in [2.05, 4.69) is 95.9 Å². The van der Waals surface area contributed by atoms with Gasteiger partial charge in [-0.1, -0.05) is 98.9 Å². The summed E-state index contributed by atoms with van der Waals surface area (Å²) in [7, 11) is -0.362. The van der Waals surface area contributed by atoms with Crippen LogP contribution >= 0.6 is 7.92 Å². The Labute approximate surface area is 175 Å². The van der Waals surface area contributed by atoms with Crippen molar-refractivity contribution in [1.82, 2.24) is 4.90 Å². The molecule has 0 amide bonds. The number of likely N-dealkylation sites (tertiary alicyclic amines) is 1. The fraction of sp³-hybridized carbons (Fsp3) is 0.259. The van der Waals surface area contributed by atoms with Crippen LogP contribution in [0.1, 0.15) is 40.8 Å². The van der Waals surface area contributed by atoms with Gasteiger partial charge in [0.05, 0.1) is 0 Å². The Hall–Kier alpha value is -2.21. The van der Waals surface area contributed by atoms with Gasteiger partial charge in [-0.3, -0.25) is 0 Å². The molecule has 0 N–H and O–H groups in total. The normalized spacial score (nSPS) is 17.5. The summed E-state index contributed by atoms with van der Waals surface area (Å²) in [5.74, 6) is 0. The number of hydrogen-bond acceptors (Lipinski definition) is 1. The first-order valence-corrected chi connectivity index (χ1v) is 12.4. The predicted molar refractivity (Wildman–Crippen MR) is 127 cm³/mol. The lowest BCUT2D eigenvalue weighted by molar-refractivity contribution is 0.361. The van der Waals surface area contributed by atoms with Gasteiger partial charge in [0.2, 0.25) is 0 Å². The van der Waals surface area contributed by atoms with Gasteiger partial charge in [-0.05, 0) is 59.7 Å². The lowest BCUT2D eigenvalue weighted by Gasteiger charge is -2.32. The van der Waals surface area contributed by atoms with Crippen molar-refractivity contribution in [1.29, 1.82) is 0 Å². The van der Waals surface area contributed by atoms with E-state index in [1.807, 2.05) is 0 Å². The highest BCUT2D eigenvalue weighted by Crippen LogP contribution is 2.56. The number of hydrogen-bond donors (Lipinski definition) is 0. The fourth-order valence-electron chi connectivity index (χ4n) is 4.79. The van der Waals surface area contributed by atoms with Gasteiger partial charge < -0.3 is 4.90 Å². The Morgan fingerprint density at radius 2 is 1.24 bits per heavy atom. The summed E-state index contributed by atoms with van der Waals surface area (Å²) in [4.78, 5) is 2.67. The molecule has 2 heteroatoms. The number of nitrogens with zero attached hydrogens (tertiary/aromatic N) is 1. The van der Waals surface area contributed by atoms with Crippen LogP contribution in [-0.4, -0.2) is 30.7 Å². The van der Waals surface area contributed by atoms with Crippen molar-refractivity contribution >= 4 is 25.4 Å². The van der Waals surface area contributed by atoms with E-state index in [9.17, 15) is 0 Å². The van der Waals surface area contributed by atoms with Gasteiger partial charge in [0.25, 0.3) is 0 Å². The Morgan fingerprint density at radius 1 is 0.690 bits per heavy atom. The Balaban J connectivity index is 1.61. The average Bonchev–Trinajstić information content (AvgIpc) is 3.24. The molecule has 0 spiro atoms. The van der Waals surface area contributed by atoms with E-state index in [-0.39, 0.29) is 7.92 Å². The fourth-order valence-corrected chi connectivity index (χ4v) is 7.80. The molecule has 5 rings (SSSR count). The molecule has 0 bridgehead atoms. The summed E-state index contributed by atoms with van der Waals surface area (Å²) < 4.78 is 0. The van der Waals surface area contributed by atoms with Gasteiger partial charge in [-0.25, -0.2) is 0 Å². The molecule has 1 atom stereocenters. The zero-order valence-electron chi connectivity index (χ0n) is 16.9. The van der Waals surface area contributed by atoms with E-state index in [1.54, 1.807) is 0 Å². The average molecular weight is 398 g/mol. The number of benzene rings is 3. The molecule has 1 nitrogen and oxygen atoms in total. The second kappa shape index (κ2) is 8.66. The SMILES string of the molecule is C1=Cc2ccccc2C(P(CCN2CCCC2)c2ccccc2)c2ccccc21. The van der Waals surface area contributed by atoms with E-state index in [4.69, 9.17) is 0 Å². The van der Waals surface area contributed by atoms with Gasteiger partial charge in [0, 0.05) is 12.2 Å². The van der Waals surface area contributed by atoms with Crippen LogP contribution < -0.4 is 5.30 Å². The molecule has 146 valence electrons. The summed E-state index contributed by atoms with van der Waals surface area (Å²) >= 11 is 0. The molecular formula is C27H28NP. The zero-order chi connectivity index (χ0) is 19.5. The number of rotatable bonds is 5. The molecule has 1 aliphatic heterocycles. The maximum Gasteiger partial charge on any atom is 0.0344 e. The van der Waals surface area contributed by atoms with Crippen molar-refractivity contribution in [2.24, 2.45) is 0 Å². The van der Waals surface area contributed by atoms with Crippen LogP contribution in [0.4, 0.5) is 0 Å². The molecule has 0 radical (unpaired) electrons. The molecule has 1 saturated heterocycles. The minimum atomic E-state index is -0.362. The topological polar surface area (TPSA) is 3.24 Å². The smallest absolute Gasteiger partial charge is 0.0344 e. The minimum absolute atomic E-state index is 0.362. The summed E-state index contributed by atoms with van der Waals surface area (Å²) in [5.41, 5.74) is 6.17. The van der Waals surface area contributed by atoms with Crippen molar-refractivity contribution in [3.63, 3.8) is 0 Å². The summed E-state index contributed by atoms with van der Waals surface area (Å²) in [6, 6.07) is 29.4. The van der Waals surface area contributed by atoms with Crippen LogP contribution in [-0.2, 0) is 0 Å². The van der Waals surface area contributed by atoms with Crippen LogP contribution in [0.3, 0.4) is 0 Å². The zero-order valence-corrected chi connectivity index (χ0v) is 17.8. The van der Waals surface area contributed by atoms with Crippen molar-refractivity contribution in [2.45, 2.75) is 18.5 Å². The van der Waals surface area contributed by atoms with Gasteiger partial charge in [-0.2, -0.15) is 0 Å². The largest absolute Gasteiger partial charge is 0.303 e. The Morgan fingerprint density at radius 3 is 1.86 bits per heavy atom. The molecule has 1 unspecified atom stereocenters. The van der Waals surface area contributed by atoms with Gasteiger partial charge in [-0.15, -0.1) is 0 Å². The predicted octanol–water partition coefficient (Wildman–Crippen LogP) is 6.16.